The number of nitrogens with zero attached hydrogens (tertiary/aromatic N) is 3. The van der Waals surface area contributed by atoms with Crippen molar-refractivity contribution in [1.82, 2.24) is 19.8 Å². The average Bonchev–Trinajstić information content (AvgIpc) is 2.97. The molecule has 1 fully saturated rings. The van der Waals surface area contributed by atoms with E-state index in [0.717, 1.165) is 19.3 Å². The number of hydrogen-bond donors (Lipinski definition) is 2. The second-order valence-electron chi connectivity index (χ2n) is 4.47. The predicted molar refractivity (Wildman–Crippen MR) is 65.7 cm³/mol. The maximum atomic E-state index is 11.4. The SMILES string of the molecule is COC1CCCC1Nc1ccc2n[nH]c(=O)n2n1. The van der Waals surface area contributed by atoms with Crippen LogP contribution in [0.1, 0.15) is 19.3 Å². The maximum absolute atomic E-state index is 11.4. The smallest absolute Gasteiger partial charge is 0.364 e. The topological polar surface area (TPSA) is 84.3 Å². The van der Waals surface area contributed by atoms with Gasteiger partial charge in [0, 0.05) is 7.11 Å². The Morgan fingerprint density at radius 3 is 3.22 bits per heavy atom. The molecule has 2 aromatic rings. The fourth-order valence-corrected chi connectivity index (χ4v) is 2.44. The lowest BCUT2D eigenvalue weighted by Crippen LogP contribution is -2.30. The molecule has 7 heteroatoms. The fourth-order valence-electron chi connectivity index (χ4n) is 2.44. The first kappa shape index (κ1) is 11.2. The normalized spacial score (nSPS) is 23.6. The molecule has 18 heavy (non-hydrogen) atoms. The third-order valence-electron chi connectivity index (χ3n) is 3.36. The molecule has 0 aromatic carbocycles. The van der Waals surface area contributed by atoms with E-state index in [0.29, 0.717) is 11.5 Å². The number of aromatic nitrogens is 4. The van der Waals surface area contributed by atoms with E-state index in [-0.39, 0.29) is 17.8 Å². The first-order valence-corrected chi connectivity index (χ1v) is 6.02. The van der Waals surface area contributed by atoms with Gasteiger partial charge in [0.2, 0.25) is 0 Å². The van der Waals surface area contributed by atoms with Crippen molar-refractivity contribution in [1.29, 1.82) is 0 Å². The molecule has 96 valence electrons. The minimum absolute atomic E-state index is 0.212. The van der Waals surface area contributed by atoms with Crippen LogP contribution in [0.5, 0.6) is 0 Å². The molecule has 0 aliphatic heterocycles. The van der Waals surface area contributed by atoms with Crippen molar-refractivity contribution in [2.45, 2.75) is 31.4 Å². The highest BCUT2D eigenvalue weighted by Gasteiger charge is 2.27. The van der Waals surface area contributed by atoms with Gasteiger partial charge < -0.3 is 10.1 Å². The monoisotopic (exact) mass is 249 g/mol. The number of hydrogen-bond acceptors (Lipinski definition) is 5. The summed E-state index contributed by atoms with van der Waals surface area (Å²) in [5.41, 5.74) is 0.184. The van der Waals surface area contributed by atoms with E-state index < -0.39 is 0 Å². The van der Waals surface area contributed by atoms with Gasteiger partial charge in [-0.1, -0.05) is 0 Å². The molecular weight excluding hydrogens is 234 g/mol. The zero-order chi connectivity index (χ0) is 12.5. The van der Waals surface area contributed by atoms with E-state index in [9.17, 15) is 4.79 Å². The lowest BCUT2D eigenvalue weighted by molar-refractivity contribution is 0.101. The van der Waals surface area contributed by atoms with Crippen LogP contribution >= 0.6 is 0 Å². The number of aromatic amines is 1. The molecule has 1 aliphatic carbocycles. The molecule has 2 heterocycles. The minimum Gasteiger partial charge on any atom is -0.379 e. The first-order valence-electron chi connectivity index (χ1n) is 6.02. The zero-order valence-corrected chi connectivity index (χ0v) is 10.1. The van der Waals surface area contributed by atoms with Crippen molar-refractivity contribution in [2.75, 3.05) is 12.4 Å². The molecule has 0 radical (unpaired) electrons. The van der Waals surface area contributed by atoms with Gasteiger partial charge in [-0.3, -0.25) is 0 Å². The maximum Gasteiger partial charge on any atom is 0.364 e. The van der Waals surface area contributed by atoms with Gasteiger partial charge in [-0.15, -0.1) is 5.10 Å². The molecule has 2 unspecified atom stereocenters. The number of nitrogens with one attached hydrogen (secondary N) is 2. The Bertz CT molecular complexity index is 605. The van der Waals surface area contributed by atoms with Crippen LogP contribution in [0, 0.1) is 0 Å². The second-order valence-corrected chi connectivity index (χ2v) is 4.47. The van der Waals surface area contributed by atoms with E-state index in [4.69, 9.17) is 4.74 Å². The highest BCUT2D eigenvalue weighted by Crippen LogP contribution is 2.24. The lowest BCUT2D eigenvalue weighted by Gasteiger charge is -2.19. The molecule has 2 aromatic heterocycles. The summed E-state index contributed by atoms with van der Waals surface area (Å²) in [6.07, 6.45) is 3.47. The van der Waals surface area contributed by atoms with E-state index in [1.54, 1.807) is 13.2 Å². The van der Waals surface area contributed by atoms with Crippen LogP contribution in [0.2, 0.25) is 0 Å². The molecule has 3 rings (SSSR count). The van der Waals surface area contributed by atoms with Crippen LogP contribution in [-0.2, 0) is 4.74 Å². The van der Waals surface area contributed by atoms with Crippen molar-refractivity contribution in [3.05, 3.63) is 22.6 Å². The van der Waals surface area contributed by atoms with Crippen molar-refractivity contribution in [2.24, 2.45) is 0 Å². The molecule has 2 N–H and O–H groups in total. The van der Waals surface area contributed by atoms with Crippen LogP contribution in [0.15, 0.2) is 16.9 Å². The Kier molecular flexibility index (Phi) is 2.75. The second kappa shape index (κ2) is 4.41. The standard InChI is InChI=1S/C11H15N5O2/c1-18-8-4-2-3-7(8)12-9-5-6-10-13-14-11(17)16(10)15-9/h5-8H,2-4H2,1H3,(H,12,15)(H,14,17). The van der Waals surface area contributed by atoms with Crippen LogP contribution < -0.4 is 11.0 Å². The van der Waals surface area contributed by atoms with Crippen LogP contribution in [0.4, 0.5) is 5.82 Å². The number of ether oxygens (including phenoxy) is 1. The highest BCUT2D eigenvalue weighted by atomic mass is 16.5. The molecule has 1 aliphatic rings. The Morgan fingerprint density at radius 2 is 2.39 bits per heavy atom. The fraction of sp³-hybridized carbons (Fsp3) is 0.545. The van der Waals surface area contributed by atoms with E-state index in [1.165, 1.54) is 4.52 Å². The van der Waals surface area contributed by atoms with Crippen molar-refractivity contribution in [3.63, 3.8) is 0 Å². The Morgan fingerprint density at radius 1 is 1.50 bits per heavy atom. The molecule has 0 amide bonds. The average molecular weight is 249 g/mol. The highest BCUT2D eigenvalue weighted by molar-refractivity contribution is 5.43. The summed E-state index contributed by atoms with van der Waals surface area (Å²) in [5, 5.41) is 13.7. The molecule has 7 nitrogen and oxygen atoms in total. The number of fused-ring (bicyclic) bond motifs is 1. The summed E-state index contributed by atoms with van der Waals surface area (Å²) in [6, 6.07) is 3.83. The minimum atomic E-state index is -0.330. The van der Waals surface area contributed by atoms with Crippen molar-refractivity contribution in [3.8, 4) is 0 Å². The van der Waals surface area contributed by atoms with Gasteiger partial charge in [0.1, 0.15) is 5.82 Å². The lowest BCUT2D eigenvalue weighted by atomic mass is 10.2. The molecule has 0 saturated heterocycles. The number of H-pyrrole nitrogens is 1. The molecule has 1 saturated carbocycles. The predicted octanol–water partition coefficient (Wildman–Crippen LogP) is 0.397. The first-order chi connectivity index (χ1) is 8.78. The number of methoxy groups -OCH3 is 1. The van der Waals surface area contributed by atoms with Gasteiger partial charge in [-0.25, -0.2) is 9.89 Å². The molecule has 0 bridgehead atoms. The summed E-state index contributed by atoms with van der Waals surface area (Å²) >= 11 is 0. The Labute approximate surface area is 103 Å². The quantitative estimate of drug-likeness (QED) is 0.822. The summed E-state index contributed by atoms with van der Waals surface area (Å²) in [4.78, 5) is 11.4. The van der Waals surface area contributed by atoms with Crippen LogP contribution in [-0.4, -0.2) is 39.1 Å². The van der Waals surface area contributed by atoms with Gasteiger partial charge in [0.25, 0.3) is 0 Å². The van der Waals surface area contributed by atoms with Crippen LogP contribution in [0.3, 0.4) is 0 Å². The number of anilines is 1. The van der Waals surface area contributed by atoms with Gasteiger partial charge in [-0.05, 0) is 31.4 Å². The van der Waals surface area contributed by atoms with Gasteiger partial charge >= 0.3 is 5.69 Å². The molecule has 2 atom stereocenters. The molecule has 0 spiro atoms. The third kappa shape index (κ3) is 1.86. The molecular formula is C11H15N5O2. The zero-order valence-electron chi connectivity index (χ0n) is 10.1. The van der Waals surface area contributed by atoms with E-state index in [1.807, 2.05) is 6.07 Å². The Hall–Kier alpha value is -1.89. The van der Waals surface area contributed by atoms with E-state index >= 15 is 0 Å². The van der Waals surface area contributed by atoms with Crippen molar-refractivity contribution >= 4 is 11.5 Å². The summed E-state index contributed by atoms with van der Waals surface area (Å²) in [7, 11) is 1.72. The third-order valence-corrected chi connectivity index (χ3v) is 3.36. The summed E-state index contributed by atoms with van der Waals surface area (Å²) < 4.78 is 6.66. The van der Waals surface area contributed by atoms with Gasteiger partial charge in [0.15, 0.2) is 5.65 Å². The Balaban J connectivity index is 1.86. The summed E-state index contributed by atoms with van der Waals surface area (Å²) in [5.74, 6) is 0.667. The van der Waals surface area contributed by atoms with Crippen molar-refractivity contribution < 1.29 is 4.74 Å². The summed E-state index contributed by atoms with van der Waals surface area (Å²) in [6.45, 7) is 0. The largest absolute Gasteiger partial charge is 0.379 e. The van der Waals surface area contributed by atoms with Gasteiger partial charge in [-0.2, -0.15) is 9.61 Å². The number of rotatable bonds is 3. The van der Waals surface area contributed by atoms with Crippen LogP contribution in [0.25, 0.3) is 5.65 Å². The van der Waals surface area contributed by atoms with Gasteiger partial charge in [0.05, 0.1) is 12.1 Å². The van der Waals surface area contributed by atoms with E-state index in [2.05, 4.69) is 20.6 Å².